The van der Waals surface area contributed by atoms with Crippen LogP contribution in [0.1, 0.15) is 32.1 Å². The Balaban J connectivity index is 2.18. The van der Waals surface area contributed by atoms with Crippen LogP contribution in [0.2, 0.25) is 0 Å². The van der Waals surface area contributed by atoms with Gasteiger partial charge < -0.3 is 15.7 Å². The largest absolute Gasteiger partial charge is 0.481 e. The normalized spacial score (nSPS) is 25.8. The number of nitrogens with one attached hydrogen (secondary N) is 2. The highest BCUT2D eigenvalue weighted by Crippen LogP contribution is 2.25. The zero-order chi connectivity index (χ0) is 17.9. The topological polar surface area (TPSA) is 119 Å². The fourth-order valence-electron chi connectivity index (χ4n) is 2.99. The Morgan fingerprint density at radius 2 is 2.08 bits per heavy atom. The number of hydrogen-bond acceptors (Lipinski definition) is 5. The molecular formula is C14H21IN4O5. The Hall–Kier alpha value is -1.43. The van der Waals surface area contributed by atoms with Gasteiger partial charge in [-0.15, -0.1) is 0 Å². The molecule has 2 aliphatic rings. The van der Waals surface area contributed by atoms with E-state index < -0.39 is 28.0 Å². The molecule has 9 nitrogen and oxygen atoms in total. The molecule has 134 valence electrons. The third kappa shape index (κ3) is 4.15. The van der Waals surface area contributed by atoms with Gasteiger partial charge in [0.15, 0.2) is 0 Å². The zero-order valence-electron chi connectivity index (χ0n) is 13.3. The zero-order valence-corrected chi connectivity index (χ0v) is 15.5. The Morgan fingerprint density at radius 3 is 2.71 bits per heavy atom. The highest BCUT2D eigenvalue weighted by Gasteiger charge is 2.43. The maximum absolute atomic E-state index is 12.7. The van der Waals surface area contributed by atoms with Crippen molar-refractivity contribution >= 4 is 46.3 Å². The van der Waals surface area contributed by atoms with Gasteiger partial charge in [0.1, 0.15) is 6.04 Å². The van der Waals surface area contributed by atoms with Crippen molar-refractivity contribution in [3.63, 3.8) is 0 Å². The summed E-state index contributed by atoms with van der Waals surface area (Å²) in [4.78, 5) is 48.3. The molecule has 0 spiro atoms. The summed E-state index contributed by atoms with van der Waals surface area (Å²) in [6, 6.07) is -1.31. The van der Waals surface area contributed by atoms with Gasteiger partial charge in [-0.2, -0.15) is 0 Å². The van der Waals surface area contributed by atoms with Gasteiger partial charge in [-0.3, -0.25) is 24.2 Å². The van der Waals surface area contributed by atoms with Crippen LogP contribution in [0.3, 0.4) is 0 Å². The molecule has 0 aliphatic carbocycles. The molecule has 0 bridgehead atoms. The number of rotatable bonds is 5. The minimum Gasteiger partial charge on any atom is -0.481 e. The second-order valence-corrected chi connectivity index (χ2v) is 7.32. The van der Waals surface area contributed by atoms with Crippen molar-refractivity contribution in [2.45, 2.75) is 48.2 Å². The van der Waals surface area contributed by atoms with Crippen molar-refractivity contribution in [1.82, 2.24) is 20.7 Å². The van der Waals surface area contributed by atoms with Crippen molar-refractivity contribution in [1.29, 1.82) is 0 Å². The van der Waals surface area contributed by atoms with Gasteiger partial charge in [0.2, 0.25) is 11.8 Å². The molecule has 0 aromatic heterocycles. The second kappa shape index (κ2) is 8.10. The number of carboxylic acids is 1. The van der Waals surface area contributed by atoms with Crippen LogP contribution in [0.5, 0.6) is 0 Å². The number of hydrogen-bond donors (Lipinski definition) is 3. The van der Waals surface area contributed by atoms with Crippen LogP contribution in [0.15, 0.2) is 0 Å². The fourth-order valence-corrected chi connectivity index (χ4v) is 3.68. The van der Waals surface area contributed by atoms with Crippen molar-refractivity contribution in [3.8, 4) is 0 Å². The molecule has 2 fully saturated rings. The molecule has 2 aliphatic heterocycles. The van der Waals surface area contributed by atoms with Gasteiger partial charge in [0.25, 0.3) is 5.91 Å². The summed E-state index contributed by atoms with van der Waals surface area (Å²) in [5.41, 5.74) is 0. The summed E-state index contributed by atoms with van der Waals surface area (Å²) in [5.74, 6) is -1.92. The van der Waals surface area contributed by atoms with E-state index in [1.54, 1.807) is 7.05 Å². The molecule has 0 aromatic carbocycles. The number of carbonyl (C=O) groups is 4. The molecule has 3 unspecified atom stereocenters. The predicted octanol–water partition coefficient (Wildman–Crippen LogP) is -0.545. The first-order valence-corrected chi connectivity index (χ1v) is 9.06. The summed E-state index contributed by atoms with van der Waals surface area (Å²) in [5, 5.41) is 16.9. The van der Waals surface area contributed by atoms with Crippen molar-refractivity contribution in [2.75, 3.05) is 13.6 Å². The Labute approximate surface area is 153 Å². The standard InChI is InChI=1S/C14H21IN4O5/c1-16-8-4-5-11(20)18-6-2-3-9(19(18)14(8)24)13(23)17-10(15)7-12(21)22/h8-10,16H,2-7H2,1H3,(H,17,23)(H,21,22). The van der Waals surface area contributed by atoms with Gasteiger partial charge in [-0.25, -0.2) is 5.01 Å². The summed E-state index contributed by atoms with van der Waals surface area (Å²) in [6.07, 6.45) is 1.48. The molecule has 0 aromatic rings. The molecule has 3 N–H and O–H groups in total. The van der Waals surface area contributed by atoms with Gasteiger partial charge in [0, 0.05) is 13.0 Å². The molecule has 0 radical (unpaired) electrons. The second-order valence-electron chi connectivity index (χ2n) is 5.81. The molecule has 24 heavy (non-hydrogen) atoms. The van der Waals surface area contributed by atoms with Gasteiger partial charge in [-0.1, -0.05) is 22.6 Å². The summed E-state index contributed by atoms with van der Waals surface area (Å²) in [6.45, 7) is 0.410. The Bertz CT molecular complexity index is 543. The smallest absolute Gasteiger partial charge is 0.306 e. The molecule has 3 atom stereocenters. The average Bonchev–Trinajstić information content (AvgIpc) is 2.64. The molecule has 0 saturated carbocycles. The lowest BCUT2D eigenvalue weighted by molar-refractivity contribution is -0.176. The first-order chi connectivity index (χ1) is 11.3. The number of hydrazine groups is 1. The first-order valence-electron chi connectivity index (χ1n) is 7.82. The SMILES string of the molecule is CNC1CCC(=O)N2CCCC(C(=O)NC(I)CC(=O)O)N2C1=O. The van der Waals surface area contributed by atoms with Crippen molar-refractivity contribution < 1.29 is 24.3 Å². The quantitative estimate of drug-likeness (QED) is 0.293. The van der Waals surface area contributed by atoms with E-state index in [2.05, 4.69) is 10.6 Å². The number of amides is 3. The third-order valence-electron chi connectivity index (χ3n) is 4.17. The van der Waals surface area contributed by atoms with Gasteiger partial charge >= 0.3 is 5.97 Å². The highest BCUT2D eigenvalue weighted by atomic mass is 127. The van der Waals surface area contributed by atoms with E-state index in [9.17, 15) is 19.2 Å². The monoisotopic (exact) mass is 452 g/mol. The number of likely N-dealkylation sites (N-methyl/N-ethyl adjacent to an activating group) is 1. The van der Waals surface area contributed by atoms with Crippen LogP contribution in [0.25, 0.3) is 0 Å². The summed E-state index contributed by atoms with van der Waals surface area (Å²) in [7, 11) is 1.65. The predicted molar refractivity (Wildman–Crippen MR) is 91.9 cm³/mol. The van der Waals surface area contributed by atoms with Crippen LogP contribution in [-0.4, -0.2) is 68.5 Å². The maximum atomic E-state index is 12.7. The summed E-state index contributed by atoms with van der Waals surface area (Å²) < 4.78 is -0.583. The number of nitrogens with zero attached hydrogens (tertiary/aromatic N) is 2. The molecule has 10 heteroatoms. The van der Waals surface area contributed by atoms with Crippen LogP contribution >= 0.6 is 22.6 Å². The highest BCUT2D eigenvalue weighted by molar-refractivity contribution is 14.1. The van der Waals surface area contributed by atoms with E-state index in [1.807, 2.05) is 22.6 Å². The van der Waals surface area contributed by atoms with Crippen LogP contribution in [0, 0.1) is 0 Å². The van der Waals surface area contributed by atoms with E-state index in [4.69, 9.17) is 5.11 Å². The van der Waals surface area contributed by atoms with E-state index in [-0.39, 0.29) is 24.7 Å². The van der Waals surface area contributed by atoms with E-state index in [0.29, 0.717) is 25.8 Å². The molecule has 2 rings (SSSR count). The first kappa shape index (κ1) is 18.9. The lowest BCUT2D eigenvalue weighted by Gasteiger charge is -2.43. The Morgan fingerprint density at radius 1 is 1.38 bits per heavy atom. The molecule has 2 heterocycles. The van der Waals surface area contributed by atoms with Crippen molar-refractivity contribution in [3.05, 3.63) is 0 Å². The Kier molecular flexibility index (Phi) is 6.38. The van der Waals surface area contributed by atoms with Crippen molar-refractivity contribution in [2.24, 2.45) is 0 Å². The van der Waals surface area contributed by atoms with E-state index in [0.717, 1.165) is 0 Å². The summed E-state index contributed by atoms with van der Waals surface area (Å²) >= 11 is 1.84. The average molecular weight is 452 g/mol. The minimum atomic E-state index is -1.02. The lowest BCUT2D eigenvalue weighted by Crippen LogP contribution is -2.63. The third-order valence-corrected chi connectivity index (χ3v) is 4.92. The maximum Gasteiger partial charge on any atom is 0.306 e. The van der Waals surface area contributed by atoms with E-state index >= 15 is 0 Å². The number of aliphatic carboxylic acids is 1. The van der Waals surface area contributed by atoms with E-state index in [1.165, 1.54) is 10.0 Å². The molecule has 2 saturated heterocycles. The number of carboxylic acid groups (broad SMARTS) is 1. The van der Waals surface area contributed by atoms with Crippen LogP contribution in [-0.2, 0) is 19.2 Å². The number of carbonyl (C=O) groups excluding carboxylic acids is 3. The number of fused-ring (bicyclic) bond motifs is 1. The van der Waals surface area contributed by atoms with Gasteiger partial charge in [-0.05, 0) is 26.3 Å². The number of halogens is 1. The molecular weight excluding hydrogens is 431 g/mol. The van der Waals surface area contributed by atoms with Gasteiger partial charge in [0.05, 0.1) is 16.5 Å². The lowest BCUT2D eigenvalue weighted by atomic mass is 10.1. The fraction of sp³-hybridized carbons (Fsp3) is 0.714. The minimum absolute atomic E-state index is 0.171. The number of alkyl halides is 1. The van der Waals surface area contributed by atoms with Crippen LogP contribution in [0.4, 0.5) is 0 Å². The van der Waals surface area contributed by atoms with Crippen LogP contribution < -0.4 is 10.6 Å². The molecule has 3 amide bonds.